The Morgan fingerprint density at radius 2 is 2.06 bits per heavy atom. The predicted molar refractivity (Wildman–Crippen MR) is 101 cm³/mol. The molecule has 1 aromatic heterocycles. The van der Waals surface area contributed by atoms with Crippen LogP contribution in [0.3, 0.4) is 0 Å². The number of hydrogen-bond acceptors (Lipinski definition) is 3. The molecule has 0 radical (unpaired) electrons. The van der Waals surface area contributed by atoms with Crippen LogP contribution in [0.2, 0.25) is 5.02 Å². The summed E-state index contributed by atoms with van der Waals surface area (Å²) in [6.45, 7) is -1.49. The average Bonchev–Trinajstić information content (AvgIpc) is 2.73. The van der Waals surface area contributed by atoms with Gasteiger partial charge in [-0.1, -0.05) is 23.7 Å². The number of nitrogens with one attached hydrogen (secondary N) is 2. The average molecular weight is 463 g/mol. The minimum Gasteiger partial charge on any atom is -0.352 e. The zero-order valence-electron chi connectivity index (χ0n) is 15.7. The lowest BCUT2D eigenvalue weighted by Crippen LogP contribution is -2.59. The normalized spacial score (nSPS) is 17.8. The molecule has 3 amide bonds. The van der Waals surface area contributed by atoms with Gasteiger partial charge in [-0.2, -0.15) is 13.2 Å². The fourth-order valence-electron chi connectivity index (χ4n) is 3.05. The van der Waals surface area contributed by atoms with Gasteiger partial charge in [-0.3, -0.25) is 4.79 Å². The molecule has 6 nitrogen and oxygen atoms in total. The Balaban J connectivity index is 1.99. The van der Waals surface area contributed by atoms with E-state index < -0.39 is 54.9 Å². The summed E-state index contributed by atoms with van der Waals surface area (Å²) in [7, 11) is 0. The molecule has 0 unspecified atom stereocenters. The van der Waals surface area contributed by atoms with Crippen LogP contribution < -0.4 is 10.6 Å². The van der Waals surface area contributed by atoms with Crippen molar-refractivity contribution in [3.63, 3.8) is 0 Å². The summed E-state index contributed by atoms with van der Waals surface area (Å²) >= 11 is 5.80. The Bertz CT molecular complexity index is 988. The minimum atomic E-state index is -4.74. The first-order valence-electron chi connectivity index (χ1n) is 8.99. The Morgan fingerprint density at radius 3 is 2.71 bits per heavy atom. The van der Waals surface area contributed by atoms with Crippen LogP contribution in [-0.4, -0.2) is 47.6 Å². The second-order valence-corrected chi connectivity index (χ2v) is 7.15. The molecule has 1 aromatic carbocycles. The van der Waals surface area contributed by atoms with Crippen LogP contribution in [-0.2, 0) is 11.0 Å². The zero-order chi connectivity index (χ0) is 22.8. The number of carbonyl (C=O) groups excluding carboxylic acids is 2. The van der Waals surface area contributed by atoms with Crippen LogP contribution in [0, 0.1) is 5.82 Å². The van der Waals surface area contributed by atoms with Crippen LogP contribution in [0.25, 0.3) is 0 Å². The second-order valence-electron chi connectivity index (χ2n) is 6.74. The first-order valence-corrected chi connectivity index (χ1v) is 9.37. The van der Waals surface area contributed by atoms with Crippen molar-refractivity contribution in [3.8, 4) is 0 Å². The monoisotopic (exact) mass is 462 g/mol. The molecule has 12 heteroatoms. The molecule has 1 saturated heterocycles. The van der Waals surface area contributed by atoms with Gasteiger partial charge >= 0.3 is 12.2 Å². The van der Waals surface area contributed by atoms with Gasteiger partial charge in [-0.05, 0) is 29.8 Å². The van der Waals surface area contributed by atoms with E-state index in [0.717, 1.165) is 29.2 Å². The van der Waals surface area contributed by atoms with Gasteiger partial charge < -0.3 is 15.5 Å². The molecule has 2 atom stereocenters. The van der Waals surface area contributed by atoms with E-state index in [1.807, 2.05) is 0 Å². The van der Waals surface area contributed by atoms with E-state index in [1.165, 1.54) is 12.1 Å². The summed E-state index contributed by atoms with van der Waals surface area (Å²) in [4.78, 5) is 29.0. The Hall–Kier alpha value is -2.95. The molecular weight excluding hydrogens is 447 g/mol. The van der Waals surface area contributed by atoms with E-state index in [9.17, 15) is 31.5 Å². The van der Waals surface area contributed by atoms with Gasteiger partial charge in [0.1, 0.15) is 24.7 Å². The summed E-state index contributed by atoms with van der Waals surface area (Å²) in [5.74, 6) is -1.28. The number of carbonyl (C=O) groups is 2. The van der Waals surface area contributed by atoms with E-state index in [4.69, 9.17) is 11.6 Å². The van der Waals surface area contributed by atoms with Gasteiger partial charge in [0, 0.05) is 6.54 Å². The van der Waals surface area contributed by atoms with E-state index in [1.54, 1.807) is 0 Å². The largest absolute Gasteiger partial charge is 0.433 e. The van der Waals surface area contributed by atoms with Crippen molar-refractivity contribution >= 4 is 23.5 Å². The first kappa shape index (κ1) is 22.7. The van der Waals surface area contributed by atoms with Crippen molar-refractivity contribution in [1.82, 2.24) is 20.5 Å². The fraction of sp³-hybridized carbons (Fsp3) is 0.316. The number of rotatable bonds is 4. The van der Waals surface area contributed by atoms with Crippen molar-refractivity contribution < 1.29 is 31.5 Å². The maximum atomic E-state index is 13.6. The molecule has 3 rings (SSSR count). The van der Waals surface area contributed by atoms with Gasteiger partial charge in [0.25, 0.3) is 0 Å². The number of pyridine rings is 1. The molecule has 166 valence electrons. The first-order chi connectivity index (χ1) is 14.6. The van der Waals surface area contributed by atoms with Crippen LogP contribution in [0.5, 0.6) is 0 Å². The molecule has 0 spiro atoms. The highest BCUT2D eigenvalue weighted by Crippen LogP contribution is 2.31. The van der Waals surface area contributed by atoms with Crippen LogP contribution >= 0.6 is 11.6 Å². The Labute approximate surface area is 178 Å². The number of nitrogens with zero attached hydrogens (tertiary/aromatic N) is 2. The quantitative estimate of drug-likeness (QED) is 0.683. The Kier molecular flexibility index (Phi) is 6.63. The van der Waals surface area contributed by atoms with Crippen LogP contribution in [0.1, 0.15) is 23.0 Å². The van der Waals surface area contributed by atoms with E-state index in [2.05, 4.69) is 15.6 Å². The number of aromatic nitrogens is 1. The maximum absolute atomic E-state index is 13.6. The van der Waals surface area contributed by atoms with Gasteiger partial charge in [0.05, 0.1) is 22.8 Å². The molecule has 0 saturated carbocycles. The lowest BCUT2D eigenvalue weighted by molar-refractivity contribution is -0.141. The number of urea groups is 1. The zero-order valence-corrected chi connectivity index (χ0v) is 16.5. The molecule has 2 N–H and O–H groups in total. The van der Waals surface area contributed by atoms with E-state index in [0.29, 0.717) is 0 Å². The number of hydrogen-bond donors (Lipinski definition) is 2. The molecule has 0 bridgehead atoms. The van der Waals surface area contributed by atoms with Crippen molar-refractivity contribution in [1.29, 1.82) is 0 Å². The molecule has 1 aliphatic heterocycles. The summed E-state index contributed by atoms with van der Waals surface area (Å²) in [6, 6.07) is 3.33. The molecular formula is C19H16ClF5N4O2. The van der Waals surface area contributed by atoms with Crippen LogP contribution in [0.15, 0.2) is 36.4 Å². The van der Waals surface area contributed by atoms with Gasteiger partial charge in [-0.15, -0.1) is 0 Å². The number of alkyl halides is 4. The van der Waals surface area contributed by atoms with Crippen molar-refractivity contribution in [2.45, 2.75) is 18.3 Å². The molecule has 2 heterocycles. The smallest absolute Gasteiger partial charge is 0.352 e. The molecule has 1 fully saturated rings. The van der Waals surface area contributed by atoms with Gasteiger partial charge in [0.2, 0.25) is 5.91 Å². The fourth-order valence-corrected chi connectivity index (χ4v) is 3.24. The molecule has 2 aromatic rings. The van der Waals surface area contributed by atoms with Gasteiger partial charge in [0.15, 0.2) is 0 Å². The number of amides is 3. The minimum absolute atomic E-state index is 0.113. The van der Waals surface area contributed by atoms with Crippen molar-refractivity contribution in [2.75, 3.05) is 19.8 Å². The third-order valence-corrected chi connectivity index (χ3v) is 4.92. The highest BCUT2D eigenvalue weighted by molar-refractivity contribution is 6.30. The van der Waals surface area contributed by atoms with Crippen LogP contribution in [0.4, 0.5) is 26.7 Å². The topological polar surface area (TPSA) is 74.3 Å². The molecule has 1 aliphatic rings. The number of piperazine rings is 1. The number of benzene rings is 1. The van der Waals surface area contributed by atoms with E-state index in [-0.39, 0.29) is 22.8 Å². The summed E-state index contributed by atoms with van der Waals surface area (Å²) < 4.78 is 66.3. The predicted octanol–water partition coefficient (Wildman–Crippen LogP) is 3.46. The standard InChI is InChI=1S/C19H16ClF5N4O2/c20-12-6-10(4-5-13(12)22)17(14-2-1-3-15(27-14)19(23,24)25)28-18(31)29-9-16(30)26-8-11(29)7-21/h1-6,11,17H,7-9H2,(H,26,30)(H,28,31)/t11-,17+/m0/s1. The van der Waals surface area contributed by atoms with Gasteiger partial charge in [-0.25, -0.2) is 18.6 Å². The summed E-state index contributed by atoms with van der Waals surface area (Å²) in [5, 5.41) is 4.57. The summed E-state index contributed by atoms with van der Waals surface area (Å²) in [6.07, 6.45) is -4.74. The third-order valence-electron chi connectivity index (χ3n) is 4.63. The van der Waals surface area contributed by atoms with Crippen molar-refractivity contribution in [2.24, 2.45) is 0 Å². The lowest BCUT2D eigenvalue weighted by atomic mass is 10.0. The molecule has 0 aliphatic carbocycles. The summed E-state index contributed by atoms with van der Waals surface area (Å²) in [5.41, 5.74) is -1.26. The highest BCUT2D eigenvalue weighted by atomic mass is 35.5. The number of halogens is 6. The maximum Gasteiger partial charge on any atom is 0.433 e. The SMILES string of the molecule is O=C1CN(C(=O)N[C@H](c2ccc(F)c(Cl)c2)c2cccc(C(F)(F)F)n2)[C@@H](CF)CN1. The van der Waals surface area contributed by atoms with E-state index >= 15 is 0 Å². The molecule has 31 heavy (non-hydrogen) atoms. The second kappa shape index (κ2) is 9.04. The third kappa shape index (κ3) is 5.22. The van der Waals surface area contributed by atoms with Crippen molar-refractivity contribution in [3.05, 3.63) is 64.2 Å². The highest BCUT2D eigenvalue weighted by Gasteiger charge is 2.35. The Morgan fingerprint density at radius 1 is 1.32 bits per heavy atom. The lowest BCUT2D eigenvalue weighted by Gasteiger charge is -2.35.